The van der Waals surface area contributed by atoms with Crippen LogP contribution in [0.4, 0.5) is 10.1 Å². The number of benzene rings is 1. The van der Waals surface area contributed by atoms with Gasteiger partial charge in [0.15, 0.2) is 0 Å². The fourth-order valence-corrected chi connectivity index (χ4v) is 4.71. The van der Waals surface area contributed by atoms with E-state index < -0.39 is 15.8 Å². The van der Waals surface area contributed by atoms with Gasteiger partial charge in [0.05, 0.1) is 22.8 Å². The molecule has 0 unspecified atom stereocenters. The summed E-state index contributed by atoms with van der Waals surface area (Å²) in [5, 5.41) is 4.35. The molecule has 0 aliphatic rings. The van der Waals surface area contributed by atoms with E-state index in [4.69, 9.17) is 23.2 Å². The second-order valence-electron chi connectivity index (χ2n) is 4.83. The number of nitrogens with zero attached hydrogens (tertiary/aromatic N) is 2. The van der Waals surface area contributed by atoms with E-state index in [9.17, 15) is 12.8 Å². The molecule has 2 aromatic heterocycles. The molecular weight excluding hydrogens is 396 g/mol. The molecule has 0 aliphatic heterocycles. The number of hydrogen-bond acceptors (Lipinski definition) is 4. The highest BCUT2D eigenvalue weighted by atomic mass is 35.5. The van der Waals surface area contributed by atoms with Crippen molar-refractivity contribution in [1.29, 1.82) is 0 Å². The molecule has 24 heavy (non-hydrogen) atoms. The lowest BCUT2D eigenvalue weighted by Crippen LogP contribution is -2.10. The monoisotopic (exact) mass is 405 g/mol. The zero-order valence-corrected chi connectivity index (χ0v) is 15.1. The van der Waals surface area contributed by atoms with E-state index in [1.54, 1.807) is 6.07 Å². The summed E-state index contributed by atoms with van der Waals surface area (Å²) in [5.41, 5.74) is 0.971. The number of aromatic nitrogens is 2. The van der Waals surface area contributed by atoms with E-state index >= 15 is 0 Å². The van der Waals surface area contributed by atoms with E-state index in [2.05, 4.69) is 9.82 Å². The number of thiophene rings is 1. The van der Waals surface area contributed by atoms with Crippen molar-refractivity contribution in [3.63, 3.8) is 0 Å². The van der Waals surface area contributed by atoms with Crippen LogP contribution >= 0.6 is 34.5 Å². The molecule has 0 saturated heterocycles. The molecule has 126 valence electrons. The van der Waals surface area contributed by atoms with Gasteiger partial charge in [0.2, 0.25) is 0 Å². The van der Waals surface area contributed by atoms with E-state index in [1.165, 1.54) is 41.3 Å². The molecule has 3 rings (SSSR count). The van der Waals surface area contributed by atoms with Crippen molar-refractivity contribution in [3.8, 4) is 0 Å². The van der Waals surface area contributed by atoms with Crippen LogP contribution in [-0.4, -0.2) is 18.2 Å². The summed E-state index contributed by atoms with van der Waals surface area (Å²) < 4.78 is 41.9. The smallest absolute Gasteiger partial charge is 0.271 e. The Morgan fingerprint density at radius 3 is 2.71 bits per heavy atom. The van der Waals surface area contributed by atoms with Gasteiger partial charge in [-0.15, -0.1) is 11.3 Å². The molecule has 0 spiro atoms. The predicted octanol–water partition coefficient (Wildman–Crippen LogP) is 4.24. The van der Waals surface area contributed by atoms with Crippen molar-refractivity contribution < 1.29 is 12.8 Å². The van der Waals surface area contributed by atoms with E-state index in [0.29, 0.717) is 15.6 Å². The third-order valence-electron chi connectivity index (χ3n) is 3.05. The lowest BCUT2D eigenvalue weighted by molar-refractivity contribution is 0.603. The van der Waals surface area contributed by atoms with Crippen LogP contribution in [0.2, 0.25) is 9.36 Å². The topological polar surface area (TPSA) is 64.0 Å². The Morgan fingerprint density at radius 2 is 2.04 bits per heavy atom. The lowest BCUT2D eigenvalue weighted by Gasteiger charge is -2.05. The van der Waals surface area contributed by atoms with Gasteiger partial charge in [-0.05, 0) is 29.8 Å². The summed E-state index contributed by atoms with van der Waals surface area (Å²) in [6.07, 6.45) is 2.90. The number of hydrogen-bond donors (Lipinski definition) is 1. The Bertz CT molecular complexity index is 986. The zero-order chi connectivity index (χ0) is 17.3. The molecule has 10 heteroatoms. The highest BCUT2D eigenvalue weighted by Gasteiger charge is 2.17. The van der Waals surface area contributed by atoms with Crippen LogP contribution in [0.1, 0.15) is 5.56 Å². The van der Waals surface area contributed by atoms with Gasteiger partial charge < -0.3 is 0 Å². The second kappa shape index (κ2) is 6.72. The van der Waals surface area contributed by atoms with Crippen molar-refractivity contribution in [2.24, 2.45) is 0 Å². The van der Waals surface area contributed by atoms with E-state index in [1.807, 2.05) is 0 Å². The van der Waals surface area contributed by atoms with Crippen LogP contribution in [0.3, 0.4) is 0 Å². The molecule has 0 bridgehead atoms. The maximum Gasteiger partial charge on any atom is 0.271 e. The minimum absolute atomic E-state index is 0.113. The van der Waals surface area contributed by atoms with Gasteiger partial charge in [-0.3, -0.25) is 9.40 Å². The molecular formula is C14H10Cl2FN3O2S2. The molecule has 0 fully saturated rings. The van der Waals surface area contributed by atoms with Gasteiger partial charge in [0.1, 0.15) is 10.0 Å². The van der Waals surface area contributed by atoms with Crippen LogP contribution < -0.4 is 4.72 Å². The molecule has 5 nitrogen and oxygen atoms in total. The Morgan fingerprint density at radius 1 is 1.25 bits per heavy atom. The molecule has 3 aromatic rings. The van der Waals surface area contributed by atoms with Gasteiger partial charge in [0.25, 0.3) is 10.0 Å². The molecule has 0 saturated carbocycles. The minimum atomic E-state index is -3.71. The van der Waals surface area contributed by atoms with Crippen LogP contribution in [0, 0.1) is 5.82 Å². The van der Waals surface area contributed by atoms with Crippen molar-refractivity contribution >= 4 is 50.2 Å². The lowest BCUT2D eigenvalue weighted by atomic mass is 10.2. The third-order valence-corrected chi connectivity index (χ3v) is 6.50. The standard InChI is InChI=1S/C14H10Cl2FN3O2S2/c15-12-5-10(17)2-1-9(12)7-20-8-11(6-18-20)19-24(21,22)14-4-3-13(16)23-14/h1-6,8,19H,7H2. The molecule has 2 heterocycles. The zero-order valence-electron chi connectivity index (χ0n) is 11.9. The van der Waals surface area contributed by atoms with E-state index in [0.717, 1.165) is 11.3 Å². The summed E-state index contributed by atoms with van der Waals surface area (Å²) in [4.78, 5) is 0. The average Bonchev–Trinajstić information content (AvgIpc) is 3.11. The van der Waals surface area contributed by atoms with Gasteiger partial charge >= 0.3 is 0 Å². The summed E-state index contributed by atoms with van der Waals surface area (Å²) in [5.74, 6) is -0.424. The fraction of sp³-hybridized carbons (Fsp3) is 0.0714. The summed E-state index contributed by atoms with van der Waals surface area (Å²) in [7, 11) is -3.71. The van der Waals surface area contributed by atoms with Crippen molar-refractivity contribution in [1.82, 2.24) is 9.78 Å². The highest BCUT2D eigenvalue weighted by molar-refractivity contribution is 7.94. The normalized spacial score (nSPS) is 11.6. The predicted molar refractivity (Wildman–Crippen MR) is 92.9 cm³/mol. The van der Waals surface area contributed by atoms with E-state index in [-0.39, 0.29) is 15.8 Å². The number of halogens is 3. The summed E-state index contributed by atoms with van der Waals surface area (Å²) in [6, 6.07) is 7.01. The molecule has 1 aromatic carbocycles. The molecule has 0 atom stereocenters. The number of nitrogens with one attached hydrogen (secondary N) is 1. The van der Waals surface area contributed by atoms with Crippen LogP contribution in [0.15, 0.2) is 46.9 Å². The van der Waals surface area contributed by atoms with Crippen LogP contribution in [0.25, 0.3) is 0 Å². The SMILES string of the molecule is O=S(=O)(Nc1cnn(Cc2ccc(F)cc2Cl)c1)c1ccc(Cl)s1. The molecule has 1 N–H and O–H groups in total. The van der Waals surface area contributed by atoms with Crippen molar-refractivity contribution in [2.75, 3.05) is 4.72 Å². The minimum Gasteiger partial charge on any atom is -0.276 e. The van der Waals surface area contributed by atoms with Crippen molar-refractivity contribution in [2.45, 2.75) is 10.8 Å². The summed E-state index contributed by atoms with van der Waals surface area (Å²) in [6.45, 7) is 0.283. The molecule has 0 radical (unpaired) electrons. The Labute approximate surface area is 151 Å². The largest absolute Gasteiger partial charge is 0.276 e. The van der Waals surface area contributed by atoms with Gasteiger partial charge in [0, 0.05) is 11.2 Å². The first-order chi connectivity index (χ1) is 11.3. The second-order valence-corrected chi connectivity index (χ2v) is 8.86. The number of rotatable bonds is 5. The quantitative estimate of drug-likeness (QED) is 0.690. The Kier molecular flexibility index (Phi) is 4.82. The van der Waals surface area contributed by atoms with Gasteiger partial charge in [-0.1, -0.05) is 29.3 Å². The fourth-order valence-electron chi connectivity index (χ4n) is 1.97. The van der Waals surface area contributed by atoms with Gasteiger partial charge in [-0.2, -0.15) is 5.10 Å². The van der Waals surface area contributed by atoms with Crippen LogP contribution in [-0.2, 0) is 16.6 Å². The van der Waals surface area contributed by atoms with Gasteiger partial charge in [-0.25, -0.2) is 12.8 Å². The van der Waals surface area contributed by atoms with Crippen molar-refractivity contribution in [3.05, 3.63) is 63.5 Å². The Balaban J connectivity index is 1.76. The first kappa shape index (κ1) is 17.2. The maximum atomic E-state index is 13.0. The van der Waals surface area contributed by atoms with Crippen LogP contribution in [0.5, 0.6) is 0 Å². The first-order valence-corrected chi connectivity index (χ1v) is 9.63. The number of anilines is 1. The Hall–Kier alpha value is -1.61. The average molecular weight is 406 g/mol. The first-order valence-electron chi connectivity index (χ1n) is 6.58. The summed E-state index contributed by atoms with van der Waals surface area (Å²) >= 11 is 12.7. The molecule has 0 amide bonds. The number of sulfonamides is 1. The highest BCUT2D eigenvalue weighted by Crippen LogP contribution is 2.27. The maximum absolute atomic E-state index is 13.0. The third kappa shape index (κ3) is 3.89. The molecule has 0 aliphatic carbocycles.